The maximum Gasteiger partial charge on any atom is 0.255 e. The van der Waals surface area contributed by atoms with E-state index in [1.807, 2.05) is 0 Å². The number of amides is 3. The fourth-order valence-corrected chi connectivity index (χ4v) is 3.12. The largest absolute Gasteiger partial charge is 0.345 e. The molecule has 0 aliphatic carbocycles. The molecule has 0 atom stereocenters. The second-order valence-corrected chi connectivity index (χ2v) is 6.95. The van der Waals surface area contributed by atoms with Gasteiger partial charge in [0, 0.05) is 44.0 Å². The van der Waals surface area contributed by atoms with E-state index >= 15 is 0 Å². The van der Waals surface area contributed by atoms with Gasteiger partial charge in [0.2, 0.25) is 5.91 Å². The van der Waals surface area contributed by atoms with Crippen molar-refractivity contribution in [2.75, 3.05) is 30.9 Å². The lowest BCUT2D eigenvalue weighted by atomic mass is 10.1. The van der Waals surface area contributed by atoms with E-state index in [0.29, 0.717) is 34.8 Å². The Labute approximate surface area is 162 Å². The minimum Gasteiger partial charge on any atom is -0.345 e. The van der Waals surface area contributed by atoms with Crippen LogP contribution in [0.4, 0.5) is 11.4 Å². The fraction of sp³-hybridized carbons (Fsp3) is 0.250. The third-order valence-corrected chi connectivity index (χ3v) is 4.70. The molecule has 3 rings (SSSR count). The van der Waals surface area contributed by atoms with Crippen molar-refractivity contribution in [1.82, 2.24) is 4.90 Å². The lowest BCUT2D eigenvalue weighted by molar-refractivity contribution is -0.117. The Kier molecular flexibility index (Phi) is 5.46. The van der Waals surface area contributed by atoms with E-state index < -0.39 is 0 Å². The van der Waals surface area contributed by atoms with Crippen molar-refractivity contribution in [1.29, 1.82) is 0 Å². The highest BCUT2D eigenvalue weighted by Gasteiger charge is 2.21. The summed E-state index contributed by atoms with van der Waals surface area (Å²) >= 11 is 6.09. The summed E-state index contributed by atoms with van der Waals surface area (Å²) in [6.45, 7) is 0.706. The highest BCUT2D eigenvalue weighted by molar-refractivity contribution is 6.34. The molecule has 1 aliphatic heterocycles. The van der Waals surface area contributed by atoms with Crippen molar-refractivity contribution in [3.8, 4) is 0 Å². The number of halogens is 1. The van der Waals surface area contributed by atoms with Crippen LogP contribution in [0.2, 0.25) is 5.02 Å². The molecule has 1 fully saturated rings. The fourth-order valence-electron chi connectivity index (χ4n) is 2.92. The molecule has 1 N–H and O–H groups in total. The van der Waals surface area contributed by atoms with Crippen molar-refractivity contribution < 1.29 is 14.4 Å². The Hall–Kier alpha value is -2.86. The van der Waals surface area contributed by atoms with Gasteiger partial charge in [0.05, 0.1) is 10.6 Å². The summed E-state index contributed by atoms with van der Waals surface area (Å²) in [5, 5.41) is 3.09. The Morgan fingerprint density at radius 1 is 1.11 bits per heavy atom. The van der Waals surface area contributed by atoms with E-state index in [0.717, 1.165) is 12.1 Å². The highest BCUT2D eigenvalue weighted by Crippen LogP contribution is 2.24. The molecule has 1 saturated heterocycles. The van der Waals surface area contributed by atoms with Gasteiger partial charge in [-0.2, -0.15) is 0 Å². The summed E-state index contributed by atoms with van der Waals surface area (Å²) < 4.78 is 0. The van der Waals surface area contributed by atoms with Crippen LogP contribution >= 0.6 is 11.6 Å². The topological polar surface area (TPSA) is 69.7 Å². The molecular weight excluding hydrogens is 366 g/mol. The smallest absolute Gasteiger partial charge is 0.255 e. The molecule has 1 aliphatic rings. The monoisotopic (exact) mass is 385 g/mol. The number of carbonyl (C=O) groups is 3. The van der Waals surface area contributed by atoms with E-state index in [2.05, 4.69) is 5.32 Å². The first-order chi connectivity index (χ1) is 12.9. The number of carbonyl (C=O) groups excluding carboxylic acids is 3. The third kappa shape index (κ3) is 4.11. The third-order valence-electron chi connectivity index (χ3n) is 4.38. The van der Waals surface area contributed by atoms with Gasteiger partial charge in [-0.25, -0.2) is 0 Å². The zero-order chi connectivity index (χ0) is 19.6. The molecule has 3 amide bonds. The maximum atomic E-state index is 12.5. The Bertz CT molecular complexity index is 894. The van der Waals surface area contributed by atoms with E-state index in [4.69, 9.17) is 11.6 Å². The molecule has 7 heteroatoms. The standard InChI is InChI=1S/C20H20ClN3O3/c1-23(2)20(27)16-12-14(7-10-17(16)21)22-19(26)13-5-8-15(9-6-13)24-11-3-4-18(24)25/h5-10,12H,3-4,11H2,1-2H3,(H,22,26). The Morgan fingerprint density at radius 2 is 1.81 bits per heavy atom. The predicted octanol–water partition coefficient (Wildman–Crippen LogP) is 3.42. The molecule has 6 nitrogen and oxygen atoms in total. The SMILES string of the molecule is CN(C)C(=O)c1cc(NC(=O)c2ccc(N3CCCC3=O)cc2)ccc1Cl. The van der Waals surface area contributed by atoms with Crippen molar-refractivity contribution in [3.05, 3.63) is 58.6 Å². The molecule has 2 aromatic rings. The number of rotatable bonds is 4. The predicted molar refractivity (Wildman–Crippen MR) is 105 cm³/mol. The van der Waals surface area contributed by atoms with Crippen molar-refractivity contribution in [2.24, 2.45) is 0 Å². The number of hydrogen-bond donors (Lipinski definition) is 1. The first-order valence-corrected chi connectivity index (χ1v) is 8.97. The Morgan fingerprint density at radius 3 is 2.41 bits per heavy atom. The van der Waals surface area contributed by atoms with Crippen LogP contribution in [0.5, 0.6) is 0 Å². The first kappa shape index (κ1) is 18.9. The number of nitrogens with zero attached hydrogens (tertiary/aromatic N) is 2. The minimum absolute atomic E-state index is 0.103. The van der Waals surface area contributed by atoms with Crippen LogP contribution in [0.25, 0.3) is 0 Å². The zero-order valence-corrected chi connectivity index (χ0v) is 15.9. The van der Waals surface area contributed by atoms with Crippen LogP contribution in [0.1, 0.15) is 33.6 Å². The number of benzene rings is 2. The van der Waals surface area contributed by atoms with Gasteiger partial charge in [0.1, 0.15) is 0 Å². The number of anilines is 2. The highest BCUT2D eigenvalue weighted by atomic mass is 35.5. The summed E-state index contributed by atoms with van der Waals surface area (Å²) in [6, 6.07) is 11.7. The quantitative estimate of drug-likeness (QED) is 0.876. The van der Waals surface area contributed by atoms with Crippen LogP contribution in [0.15, 0.2) is 42.5 Å². The van der Waals surface area contributed by atoms with Gasteiger partial charge in [0.15, 0.2) is 0 Å². The summed E-state index contributed by atoms with van der Waals surface area (Å²) in [5.41, 5.74) is 2.05. The second-order valence-electron chi connectivity index (χ2n) is 6.54. The molecule has 140 valence electrons. The molecule has 1 heterocycles. The van der Waals surface area contributed by atoms with Crippen molar-refractivity contribution in [3.63, 3.8) is 0 Å². The van der Waals surface area contributed by atoms with E-state index in [-0.39, 0.29) is 17.7 Å². The average molecular weight is 386 g/mol. The molecule has 0 saturated carbocycles. The van der Waals surface area contributed by atoms with Crippen LogP contribution in [-0.4, -0.2) is 43.3 Å². The minimum atomic E-state index is -0.306. The number of hydrogen-bond acceptors (Lipinski definition) is 3. The van der Waals surface area contributed by atoms with E-state index in [1.54, 1.807) is 61.5 Å². The van der Waals surface area contributed by atoms with Crippen LogP contribution < -0.4 is 10.2 Å². The van der Waals surface area contributed by atoms with E-state index in [1.165, 1.54) is 4.90 Å². The van der Waals surface area contributed by atoms with Gasteiger partial charge in [-0.3, -0.25) is 14.4 Å². The molecule has 0 bridgehead atoms. The molecule has 27 heavy (non-hydrogen) atoms. The molecule has 0 unspecified atom stereocenters. The van der Waals surface area contributed by atoms with Gasteiger partial charge < -0.3 is 15.1 Å². The molecule has 2 aromatic carbocycles. The maximum absolute atomic E-state index is 12.5. The lowest BCUT2D eigenvalue weighted by Gasteiger charge is -2.16. The first-order valence-electron chi connectivity index (χ1n) is 8.60. The van der Waals surface area contributed by atoms with Gasteiger partial charge in [0.25, 0.3) is 11.8 Å². The van der Waals surface area contributed by atoms with Crippen LogP contribution in [-0.2, 0) is 4.79 Å². The normalized spacial score (nSPS) is 13.6. The van der Waals surface area contributed by atoms with Gasteiger partial charge in [-0.1, -0.05) is 11.6 Å². The van der Waals surface area contributed by atoms with Crippen molar-refractivity contribution >= 4 is 40.7 Å². The summed E-state index contributed by atoms with van der Waals surface area (Å²) in [4.78, 5) is 39.6. The molecular formula is C20H20ClN3O3. The summed E-state index contributed by atoms with van der Waals surface area (Å²) in [5.74, 6) is -0.443. The zero-order valence-electron chi connectivity index (χ0n) is 15.2. The van der Waals surface area contributed by atoms with Gasteiger partial charge in [-0.15, -0.1) is 0 Å². The number of nitrogens with one attached hydrogen (secondary N) is 1. The second kappa shape index (κ2) is 7.80. The van der Waals surface area contributed by atoms with Crippen molar-refractivity contribution in [2.45, 2.75) is 12.8 Å². The summed E-state index contributed by atoms with van der Waals surface area (Å²) in [6.07, 6.45) is 1.42. The summed E-state index contributed by atoms with van der Waals surface area (Å²) in [7, 11) is 3.27. The molecule has 0 radical (unpaired) electrons. The molecule has 0 spiro atoms. The Balaban J connectivity index is 1.74. The molecule has 0 aromatic heterocycles. The van der Waals surface area contributed by atoms with E-state index in [9.17, 15) is 14.4 Å². The van der Waals surface area contributed by atoms with Gasteiger partial charge >= 0.3 is 0 Å². The van der Waals surface area contributed by atoms with Gasteiger partial charge in [-0.05, 0) is 48.9 Å². The lowest BCUT2D eigenvalue weighted by Crippen LogP contribution is -2.23. The van der Waals surface area contributed by atoms with Crippen LogP contribution in [0.3, 0.4) is 0 Å². The van der Waals surface area contributed by atoms with Crippen LogP contribution in [0, 0.1) is 0 Å². The average Bonchev–Trinajstić information content (AvgIpc) is 3.08.